The molecule has 0 unspecified atom stereocenters. The molecule has 0 radical (unpaired) electrons. The molecule has 1 aliphatic heterocycles. The van der Waals surface area contributed by atoms with Crippen molar-refractivity contribution in [2.75, 3.05) is 12.8 Å². The molecule has 0 spiro atoms. The third kappa shape index (κ3) is 2.95. The normalized spacial score (nSPS) is 11.7. The SMILES string of the molecule is COc1ccc(N)cc1.O=C(O)c1c(O)c2cccc3c2n(c1=O)CC3. The van der Waals surface area contributed by atoms with E-state index in [4.69, 9.17) is 15.6 Å². The Morgan fingerprint density at radius 1 is 1.19 bits per heavy atom. The van der Waals surface area contributed by atoms with E-state index in [-0.39, 0.29) is 0 Å². The van der Waals surface area contributed by atoms with Gasteiger partial charge in [-0.3, -0.25) is 4.79 Å². The zero-order valence-electron chi connectivity index (χ0n) is 14.1. The number of pyridine rings is 1. The van der Waals surface area contributed by atoms with E-state index in [9.17, 15) is 14.7 Å². The number of nitrogen functional groups attached to an aromatic ring is 1. The average Bonchev–Trinajstić information content (AvgIpc) is 3.06. The van der Waals surface area contributed by atoms with Gasteiger partial charge in [-0.1, -0.05) is 12.1 Å². The van der Waals surface area contributed by atoms with E-state index in [0.29, 0.717) is 23.9 Å². The molecule has 4 rings (SSSR count). The second kappa shape index (κ2) is 6.79. The maximum Gasteiger partial charge on any atom is 0.345 e. The van der Waals surface area contributed by atoms with E-state index in [1.54, 1.807) is 31.4 Å². The molecule has 1 aromatic heterocycles. The molecule has 4 N–H and O–H groups in total. The van der Waals surface area contributed by atoms with Crippen LogP contribution < -0.4 is 16.0 Å². The van der Waals surface area contributed by atoms with Crippen molar-refractivity contribution in [1.29, 1.82) is 0 Å². The van der Waals surface area contributed by atoms with Gasteiger partial charge in [-0.15, -0.1) is 0 Å². The number of carbonyl (C=O) groups is 1. The van der Waals surface area contributed by atoms with E-state index < -0.39 is 22.8 Å². The number of para-hydroxylation sites is 1. The minimum absolute atomic E-state index is 0.428. The molecule has 0 aliphatic carbocycles. The Hall–Kier alpha value is -3.48. The van der Waals surface area contributed by atoms with E-state index in [0.717, 1.165) is 17.0 Å². The summed E-state index contributed by atoms with van der Waals surface area (Å²) in [6, 6.07) is 12.5. The minimum atomic E-state index is -1.39. The summed E-state index contributed by atoms with van der Waals surface area (Å²) in [6.45, 7) is 0.467. The lowest BCUT2D eigenvalue weighted by Crippen LogP contribution is -2.25. The lowest BCUT2D eigenvalue weighted by Gasteiger charge is -2.08. The Morgan fingerprint density at radius 3 is 2.50 bits per heavy atom. The molecule has 26 heavy (non-hydrogen) atoms. The molecule has 2 aromatic carbocycles. The van der Waals surface area contributed by atoms with Gasteiger partial charge in [0.1, 0.15) is 11.5 Å². The van der Waals surface area contributed by atoms with E-state index >= 15 is 0 Å². The highest BCUT2D eigenvalue weighted by Gasteiger charge is 2.25. The molecule has 0 saturated carbocycles. The highest BCUT2D eigenvalue weighted by molar-refractivity contribution is 5.99. The molecule has 7 heteroatoms. The molecule has 1 aliphatic rings. The van der Waals surface area contributed by atoms with Crippen LogP contribution in [-0.2, 0) is 13.0 Å². The predicted octanol–water partition coefficient (Wildman–Crippen LogP) is 2.24. The van der Waals surface area contributed by atoms with Gasteiger partial charge in [-0.05, 0) is 42.3 Å². The Kier molecular flexibility index (Phi) is 4.53. The van der Waals surface area contributed by atoms with Crippen molar-refractivity contribution in [3.63, 3.8) is 0 Å². The number of hydrogen-bond acceptors (Lipinski definition) is 5. The quantitative estimate of drug-likeness (QED) is 0.608. The number of aryl methyl sites for hydroxylation is 2. The number of ether oxygens (including phenoxy) is 1. The summed E-state index contributed by atoms with van der Waals surface area (Å²) >= 11 is 0. The lowest BCUT2D eigenvalue weighted by molar-refractivity contribution is 0.0691. The van der Waals surface area contributed by atoms with Gasteiger partial charge in [0.15, 0.2) is 5.56 Å². The summed E-state index contributed by atoms with van der Waals surface area (Å²) < 4.78 is 6.34. The predicted molar refractivity (Wildman–Crippen MR) is 97.9 cm³/mol. The van der Waals surface area contributed by atoms with Crippen LogP contribution in [0.3, 0.4) is 0 Å². The third-order valence-corrected chi connectivity index (χ3v) is 4.27. The third-order valence-electron chi connectivity index (χ3n) is 4.27. The number of aromatic carboxylic acids is 1. The fraction of sp³-hybridized carbons (Fsp3) is 0.158. The summed E-state index contributed by atoms with van der Waals surface area (Å²) in [5.74, 6) is -0.989. The minimum Gasteiger partial charge on any atom is -0.506 e. The molecule has 0 amide bonds. The van der Waals surface area contributed by atoms with Crippen LogP contribution in [0.15, 0.2) is 47.3 Å². The van der Waals surface area contributed by atoms with Gasteiger partial charge in [-0.25, -0.2) is 4.79 Å². The summed E-state index contributed by atoms with van der Waals surface area (Å²) in [4.78, 5) is 22.9. The average molecular weight is 354 g/mol. The van der Waals surface area contributed by atoms with Gasteiger partial charge in [0, 0.05) is 17.6 Å². The maximum atomic E-state index is 11.9. The summed E-state index contributed by atoms with van der Waals surface area (Å²) in [6.07, 6.45) is 0.690. The Labute approximate surface area is 148 Å². The number of nitrogens with two attached hydrogens (primary N) is 1. The van der Waals surface area contributed by atoms with Crippen LogP contribution in [0.4, 0.5) is 5.69 Å². The van der Waals surface area contributed by atoms with Crippen LogP contribution in [-0.4, -0.2) is 27.9 Å². The molecule has 134 valence electrons. The zero-order chi connectivity index (χ0) is 18.8. The van der Waals surface area contributed by atoms with Crippen LogP contribution in [0.25, 0.3) is 10.9 Å². The van der Waals surface area contributed by atoms with Gasteiger partial charge >= 0.3 is 5.97 Å². The number of carboxylic acid groups (broad SMARTS) is 1. The molecule has 0 fully saturated rings. The van der Waals surface area contributed by atoms with Crippen LogP contribution in [0.1, 0.15) is 15.9 Å². The van der Waals surface area contributed by atoms with E-state index in [1.807, 2.05) is 18.2 Å². The lowest BCUT2D eigenvalue weighted by atomic mass is 10.1. The van der Waals surface area contributed by atoms with Crippen LogP contribution in [0.5, 0.6) is 11.5 Å². The molecule has 0 bridgehead atoms. The first kappa shape index (κ1) is 17.3. The van der Waals surface area contributed by atoms with Crippen molar-refractivity contribution in [3.05, 3.63) is 63.9 Å². The first-order valence-corrected chi connectivity index (χ1v) is 7.94. The van der Waals surface area contributed by atoms with Crippen molar-refractivity contribution < 1.29 is 19.7 Å². The largest absolute Gasteiger partial charge is 0.506 e. The van der Waals surface area contributed by atoms with Crippen molar-refractivity contribution in [1.82, 2.24) is 4.57 Å². The van der Waals surface area contributed by atoms with E-state index in [2.05, 4.69) is 0 Å². The number of aromatic nitrogens is 1. The van der Waals surface area contributed by atoms with Crippen LogP contribution >= 0.6 is 0 Å². The first-order valence-electron chi connectivity index (χ1n) is 7.94. The fourth-order valence-corrected chi connectivity index (χ4v) is 3.02. The Bertz CT molecular complexity index is 1040. The number of benzene rings is 2. The molecule has 0 saturated heterocycles. The molecular weight excluding hydrogens is 336 g/mol. The topological polar surface area (TPSA) is 115 Å². The van der Waals surface area contributed by atoms with Gasteiger partial charge in [-0.2, -0.15) is 0 Å². The smallest absolute Gasteiger partial charge is 0.345 e. The van der Waals surface area contributed by atoms with Gasteiger partial charge in [0.25, 0.3) is 5.56 Å². The molecule has 2 heterocycles. The van der Waals surface area contributed by atoms with Gasteiger partial charge < -0.3 is 25.3 Å². The number of carboxylic acids is 1. The monoisotopic (exact) mass is 354 g/mol. The van der Waals surface area contributed by atoms with Crippen molar-refractivity contribution in [3.8, 4) is 11.5 Å². The molecular formula is C19H18N2O5. The standard InChI is InChI=1S/C12H9NO4.C7H9NO/c14-10-7-3-1-2-6-4-5-13(9(6)7)11(15)8(10)12(16)17;1-9-7-4-2-6(8)3-5-7/h1-3,14H,4-5H2,(H,16,17);2-5H,8H2,1H3. The Balaban J connectivity index is 0.000000185. The fourth-order valence-electron chi connectivity index (χ4n) is 3.02. The molecule has 0 atom stereocenters. The number of aromatic hydroxyl groups is 1. The second-order valence-electron chi connectivity index (χ2n) is 5.82. The first-order chi connectivity index (χ1) is 12.4. The highest BCUT2D eigenvalue weighted by Crippen LogP contribution is 2.31. The number of methoxy groups -OCH3 is 1. The van der Waals surface area contributed by atoms with Crippen molar-refractivity contribution in [2.45, 2.75) is 13.0 Å². The summed E-state index contributed by atoms with van der Waals surface area (Å²) in [5.41, 5.74) is 6.63. The van der Waals surface area contributed by atoms with Gasteiger partial charge in [0.2, 0.25) is 0 Å². The van der Waals surface area contributed by atoms with E-state index in [1.165, 1.54) is 4.57 Å². The van der Waals surface area contributed by atoms with Gasteiger partial charge in [0.05, 0.1) is 12.6 Å². The van der Waals surface area contributed by atoms with Crippen LogP contribution in [0.2, 0.25) is 0 Å². The van der Waals surface area contributed by atoms with Crippen molar-refractivity contribution in [2.24, 2.45) is 0 Å². The zero-order valence-corrected chi connectivity index (χ0v) is 14.1. The highest BCUT2D eigenvalue weighted by atomic mass is 16.5. The summed E-state index contributed by atoms with van der Waals surface area (Å²) in [5, 5.41) is 19.3. The number of rotatable bonds is 2. The molecule has 3 aromatic rings. The Morgan fingerprint density at radius 2 is 1.88 bits per heavy atom. The number of nitrogens with zero attached hydrogens (tertiary/aromatic N) is 1. The molecule has 7 nitrogen and oxygen atoms in total. The maximum absolute atomic E-state index is 11.9. The van der Waals surface area contributed by atoms with Crippen LogP contribution in [0, 0.1) is 0 Å². The summed E-state index contributed by atoms with van der Waals surface area (Å²) in [7, 11) is 1.63. The number of hydrogen-bond donors (Lipinski definition) is 3. The second-order valence-corrected chi connectivity index (χ2v) is 5.82. The van der Waals surface area contributed by atoms with Crippen molar-refractivity contribution >= 4 is 22.6 Å². The number of anilines is 1.